The summed E-state index contributed by atoms with van der Waals surface area (Å²) in [5.74, 6) is 0.710. The Kier molecular flexibility index (Phi) is 4.90. The van der Waals surface area contributed by atoms with E-state index in [4.69, 9.17) is 9.47 Å². The van der Waals surface area contributed by atoms with Gasteiger partial charge in [0, 0.05) is 38.1 Å². The van der Waals surface area contributed by atoms with Crippen LogP contribution in [0.5, 0.6) is 0 Å². The molecule has 0 aliphatic carbocycles. The predicted molar refractivity (Wildman–Crippen MR) is 85.2 cm³/mol. The van der Waals surface area contributed by atoms with Crippen LogP contribution >= 0.6 is 0 Å². The third-order valence-electron chi connectivity index (χ3n) is 4.78. The van der Waals surface area contributed by atoms with Crippen molar-refractivity contribution < 1.29 is 9.47 Å². The van der Waals surface area contributed by atoms with Gasteiger partial charge in [0.05, 0.1) is 25.4 Å². The molecule has 0 aromatic carbocycles. The summed E-state index contributed by atoms with van der Waals surface area (Å²) in [6.45, 7) is 10.1. The molecule has 2 fully saturated rings. The highest BCUT2D eigenvalue weighted by Gasteiger charge is 2.39. The zero-order valence-electron chi connectivity index (χ0n) is 13.6. The molecular formula is C16H26N4O2. The number of hydrogen-bond acceptors (Lipinski definition) is 6. The zero-order chi connectivity index (χ0) is 15.4. The number of hydrogen-bond donors (Lipinski definition) is 1. The number of rotatable bonds is 4. The van der Waals surface area contributed by atoms with Gasteiger partial charge in [-0.05, 0) is 32.3 Å². The van der Waals surface area contributed by atoms with Crippen molar-refractivity contribution in [2.45, 2.75) is 32.2 Å². The average Bonchev–Trinajstić information content (AvgIpc) is 2.58. The van der Waals surface area contributed by atoms with Crippen molar-refractivity contribution in [2.75, 3.05) is 51.4 Å². The SMILES string of the molecule is Cc1cnc(NCC2(N3CCOCC3)CCCOC2)nc1C. The molecule has 2 aliphatic rings. The normalized spacial score (nSPS) is 26.8. The summed E-state index contributed by atoms with van der Waals surface area (Å²) in [5, 5.41) is 3.44. The van der Waals surface area contributed by atoms with Crippen molar-refractivity contribution in [2.24, 2.45) is 0 Å². The third kappa shape index (κ3) is 3.39. The van der Waals surface area contributed by atoms with E-state index >= 15 is 0 Å². The van der Waals surface area contributed by atoms with Crippen LogP contribution in [0.2, 0.25) is 0 Å². The molecule has 0 saturated carbocycles. The van der Waals surface area contributed by atoms with E-state index in [1.54, 1.807) is 0 Å². The largest absolute Gasteiger partial charge is 0.379 e. The second-order valence-electron chi connectivity index (χ2n) is 6.30. The van der Waals surface area contributed by atoms with Gasteiger partial charge in [-0.25, -0.2) is 9.97 Å². The summed E-state index contributed by atoms with van der Waals surface area (Å²) in [5.41, 5.74) is 2.18. The summed E-state index contributed by atoms with van der Waals surface area (Å²) in [4.78, 5) is 11.4. The van der Waals surface area contributed by atoms with Crippen molar-refractivity contribution in [3.05, 3.63) is 17.5 Å². The minimum Gasteiger partial charge on any atom is -0.379 e. The van der Waals surface area contributed by atoms with Crippen molar-refractivity contribution in [3.63, 3.8) is 0 Å². The van der Waals surface area contributed by atoms with E-state index in [0.717, 1.165) is 70.2 Å². The van der Waals surface area contributed by atoms with Crippen LogP contribution < -0.4 is 5.32 Å². The first-order valence-electron chi connectivity index (χ1n) is 8.14. The van der Waals surface area contributed by atoms with Gasteiger partial charge in [0.25, 0.3) is 0 Å². The van der Waals surface area contributed by atoms with Crippen LogP contribution in [0.4, 0.5) is 5.95 Å². The van der Waals surface area contributed by atoms with Crippen molar-refractivity contribution in [3.8, 4) is 0 Å². The van der Waals surface area contributed by atoms with Crippen LogP contribution in [-0.2, 0) is 9.47 Å². The molecule has 22 heavy (non-hydrogen) atoms. The summed E-state index contributed by atoms with van der Waals surface area (Å²) in [7, 11) is 0. The van der Waals surface area contributed by atoms with Crippen molar-refractivity contribution in [1.82, 2.24) is 14.9 Å². The van der Waals surface area contributed by atoms with Gasteiger partial charge in [-0.1, -0.05) is 0 Å². The first-order chi connectivity index (χ1) is 10.7. The molecule has 122 valence electrons. The molecule has 1 aromatic heterocycles. The van der Waals surface area contributed by atoms with Gasteiger partial charge in [0.15, 0.2) is 0 Å². The first kappa shape index (κ1) is 15.6. The first-order valence-corrected chi connectivity index (χ1v) is 8.14. The van der Waals surface area contributed by atoms with Gasteiger partial charge >= 0.3 is 0 Å². The Bertz CT molecular complexity index is 497. The molecule has 1 atom stereocenters. The maximum Gasteiger partial charge on any atom is 0.222 e. The average molecular weight is 306 g/mol. The standard InChI is InChI=1S/C16H26N4O2/c1-13-10-17-15(19-14(13)2)18-11-16(4-3-7-22-12-16)20-5-8-21-9-6-20/h10H,3-9,11-12H2,1-2H3,(H,17,18,19). The molecule has 0 radical (unpaired) electrons. The number of anilines is 1. The molecule has 0 bridgehead atoms. The molecule has 2 aliphatic heterocycles. The van der Waals surface area contributed by atoms with E-state index in [-0.39, 0.29) is 5.54 Å². The fraction of sp³-hybridized carbons (Fsp3) is 0.750. The highest BCUT2D eigenvalue weighted by atomic mass is 16.5. The smallest absolute Gasteiger partial charge is 0.222 e. The van der Waals surface area contributed by atoms with Gasteiger partial charge < -0.3 is 14.8 Å². The van der Waals surface area contributed by atoms with Gasteiger partial charge in [-0.3, -0.25) is 4.90 Å². The molecule has 3 heterocycles. The minimum absolute atomic E-state index is 0.0319. The molecule has 0 amide bonds. The molecular weight excluding hydrogens is 280 g/mol. The molecule has 3 rings (SSSR count). The lowest BCUT2D eigenvalue weighted by atomic mass is 9.89. The monoisotopic (exact) mass is 306 g/mol. The highest BCUT2D eigenvalue weighted by Crippen LogP contribution is 2.27. The predicted octanol–water partition coefficient (Wildman–Crippen LogP) is 1.39. The maximum atomic E-state index is 5.81. The number of aryl methyl sites for hydroxylation is 2. The quantitative estimate of drug-likeness (QED) is 0.907. The number of aromatic nitrogens is 2. The Morgan fingerprint density at radius 1 is 1.23 bits per heavy atom. The van der Waals surface area contributed by atoms with Crippen molar-refractivity contribution >= 4 is 5.95 Å². The minimum atomic E-state index is 0.0319. The number of nitrogens with zero attached hydrogens (tertiary/aromatic N) is 3. The fourth-order valence-electron chi connectivity index (χ4n) is 3.23. The lowest BCUT2D eigenvalue weighted by Crippen LogP contribution is -2.61. The number of morpholine rings is 1. The lowest BCUT2D eigenvalue weighted by molar-refractivity contribution is -0.0800. The van der Waals surface area contributed by atoms with E-state index in [1.165, 1.54) is 0 Å². The summed E-state index contributed by atoms with van der Waals surface area (Å²) < 4.78 is 11.3. The van der Waals surface area contributed by atoms with Crippen LogP contribution in [0.3, 0.4) is 0 Å². The van der Waals surface area contributed by atoms with Crippen LogP contribution in [0.15, 0.2) is 6.20 Å². The van der Waals surface area contributed by atoms with Gasteiger partial charge in [0.1, 0.15) is 0 Å². The van der Waals surface area contributed by atoms with Gasteiger partial charge in [-0.2, -0.15) is 0 Å². The van der Waals surface area contributed by atoms with E-state index < -0.39 is 0 Å². The fourth-order valence-corrected chi connectivity index (χ4v) is 3.23. The van der Waals surface area contributed by atoms with Gasteiger partial charge in [-0.15, -0.1) is 0 Å². The van der Waals surface area contributed by atoms with E-state index in [9.17, 15) is 0 Å². The number of nitrogens with one attached hydrogen (secondary N) is 1. The van der Waals surface area contributed by atoms with E-state index in [0.29, 0.717) is 5.95 Å². The summed E-state index contributed by atoms with van der Waals surface area (Å²) >= 11 is 0. The Balaban J connectivity index is 1.70. The molecule has 6 heteroatoms. The summed E-state index contributed by atoms with van der Waals surface area (Å²) in [6.07, 6.45) is 4.13. The van der Waals surface area contributed by atoms with E-state index in [1.807, 2.05) is 20.0 Å². The van der Waals surface area contributed by atoms with Crippen LogP contribution in [0, 0.1) is 13.8 Å². The second kappa shape index (κ2) is 6.89. The second-order valence-corrected chi connectivity index (χ2v) is 6.30. The zero-order valence-corrected chi connectivity index (χ0v) is 13.6. The Morgan fingerprint density at radius 3 is 2.73 bits per heavy atom. The Labute approximate surface area is 132 Å². The van der Waals surface area contributed by atoms with Crippen LogP contribution in [-0.4, -0.2) is 66.5 Å². The van der Waals surface area contributed by atoms with Crippen LogP contribution in [0.25, 0.3) is 0 Å². The van der Waals surface area contributed by atoms with Crippen LogP contribution in [0.1, 0.15) is 24.1 Å². The highest BCUT2D eigenvalue weighted by molar-refractivity contribution is 5.29. The molecule has 6 nitrogen and oxygen atoms in total. The lowest BCUT2D eigenvalue weighted by Gasteiger charge is -2.47. The van der Waals surface area contributed by atoms with Gasteiger partial charge in [0.2, 0.25) is 5.95 Å². The molecule has 1 aromatic rings. The number of ether oxygens (including phenoxy) is 2. The maximum absolute atomic E-state index is 5.81. The van der Waals surface area contributed by atoms with Crippen molar-refractivity contribution in [1.29, 1.82) is 0 Å². The molecule has 2 saturated heterocycles. The summed E-state index contributed by atoms with van der Waals surface area (Å²) in [6, 6.07) is 0. The third-order valence-corrected chi connectivity index (χ3v) is 4.78. The molecule has 1 N–H and O–H groups in total. The Morgan fingerprint density at radius 2 is 2.05 bits per heavy atom. The Hall–Kier alpha value is -1.24. The molecule has 1 unspecified atom stereocenters. The molecule has 0 spiro atoms. The van der Waals surface area contributed by atoms with E-state index in [2.05, 4.69) is 20.2 Å². The topological polar surface area (TPSA) is 59.5 Å².